The number of amides is 1. The van der Waals surface area contributed by atoms with Gasteiger partial charge in [0.05, 0.1) is 11.4 Å². The fourth-order valence-electron chi connectivity index (χ4n) is 2.37. The minimum atomic E-state index is 0.198. The standard InChI is InChI=1S/C15H21N3OS/c1-12-2-4-13(5-3-12)10-15(19)18-8-6-17(7-9-18)11-14(16)20/h2-5H,6-11H2,1H3,(H2,16,20). The van der Waals surface area contributed by atoms with Gasteiger partial charge in [0.15, 0.2) is 0 Å². The lowest BCUT2D eigenvalue weighted by atomic mass is 10.1. The number of thiocarbonyl (C=S) groups is 1. The van der Waals surface area contributed by atoms with Gasteiger partial charge >= 0.3 is 0 Å². The number of rotatable bonds is 4. The summed E-state index contributed by atoms with van der Waals surface area (Å²) in [4.78, 5) is 16.9. The van der Waals surface area contributed by atoms with Crippen molar-refractivity contribution in [2.24, 2.45) is 5.73 Å². The Kier molecular flexibility index (Phi) is 5.09. The maximum atomic E-state index is 12.2. The van der Waals surface area contributed by atoms with Crippen molar-refractivity contribution < 1.29 is 4.79 Å². The number of benzene rings is 1. The minimum Gasteiger partial charge on any atom is -0.392 e. The molecule has 0 bridgehead atoms. The van der Waals surface area contributed by atoms with Crippen molar-refractivity contribution in [1.82, 2.24) is 9.80 Å². The average Bonchev–Trinajstić information content (AvgIpc) is 2.41. The SMILES string of the molecule is Cc1ccc(CC(=O)N2CCN(CC(N)=S)CC2)cc1. The van der Waals surface area contributed by atoms with Crippen molar-refractivity contribution in [1.29, 1.82) is 0 Å². The fourth-order valence-corrected chi connectivity index (χ4v) is 2.55. The monoisotopic (exact) mass is 291 g/mol. The van der Waals surface area contributed by atoms with Gasteiger partial charge in [-0.2, -0.15) is 0 Å². The molecule has 20 heavy (non-hydrogen) atoms. The molecule has 1 saturated heterocycles. The lowest BCUT2D eigenvalue weighted by molar-refractivity contribution is -0.132. The molecular weight excluding hydrogens is 270 g/mol. The van der Waals surface area contributed by atoms with E-state index in [1.807, 2.05) is 36.1 Å². The molecule has 5 heteroatoms. The third-order valence-electron chi connectivity index (χ3n) is 3.58. The zero-order valence-electron chi connectivity index (χ0n) is 11.8. The normalized spacial score (nSPS) is 16.1. The van der Waals surface area contributed by atoms with Gasteiger partial charge in [-0.3, -0.25) is 9.69 Å². The second-order valence-corrected chi connectivity index (χ2v) is 5.81. The molecule has 0 spiro atoms. The molecule has 0 unspecified atom stereocenters. The molecule has 1 fully saturated rings. The third-order valence-corrected chi connectivity index (χ3v) is 3.71. The zero-order chi connectivity index (χ0) is 14.5. The molecule has 0 atom stereocenters. The first-order valence-corrected chi connectivity index (χ1v) is 7.29. The fraction of sp³-hybridized carbons (Fsp3) is 0.467. The van der Waals surface area contributed by atoms with Crippen molar-refractivity contribution >= 4 is 23.1 Å². The molecule has 0 saturated carbocycles. The van der Waals surface area contributed by atoms with Crippen LogP contribution in [0.5, 0.6) is 0 Å². The van der Waals surface area contributed by atoms with Crippen molar-refractivity contribution in [3.8, 4) is 0 Å². The summed E-state index contributed by atoms with van der Waals surface area (Å²) in [7, 11) is 0. The van der Waals surface area contributed by atoms with Crippen molar-refractivity contribution in [3.63, 3.8) is 0 Å². The van der Waals surface area contributed by atoms with Crippen LogP contribution in [0.1, 0.15) is 11.1 Å². The molecule has 0 radical (unpaired) electrons. The van der Waals surface area contributed by atoms with E-state index < -0.39 is 0 Å². The Balaban J connectivity index is 1.82. The number of nitrogens with zero attached hydrogens (tertiary/aromatic N) is 2. The summed E-state index contributed by atoms with van der Waals surface area (Å²) in [6, 6.07) is 8.14. The van der Waals surface area contributed by atoms with Crippen LogP contribution in [-0.2, 0) is 11.2 Å². The van der Waals surface area contributed by atoms with Gasteiger partial charge in [-0.1, -0.05) is 42.0 Å². The van der Waals surface area contributed by atoms with Crippen LogP contribution in [0.2, 0.25) is 0 Å². The van der Waals surface area contributed by atoms with Gasteiger partial charge in [0.2, 0.25) is 5.91 Å². The molecule has 2 N–H and O–H groups in total. The first-order chi connectivity index (χ1) is 9.54. The molecule has 0 aliphatic carbocycles. The largest absolute Gasteiger partial charge is 0.392 e. The molecule has 0 aromatic heterocycles. The predicted molar refractivity (Wildman–Crippen MR) is 84.7 cm³/mol. The first-order valence-electron chi connectivity index (χ1n) is 6.88. The molecule has 2 rings (SSSR count). The van der Waals surface area contributed by atoms with E-state index in [0.717, 1.165) is 31.7 Å². The number of nitrogens with two attached hydrogens (primary N) is 1. The summed E-state index contributed by atoms with van der Waals surface area (Å²) >= 11 is 4.91. The summed E-state index contributed by atoms with van der Waals surface area (Å²) in [5.74, 6) is 0.198. The average molecular weight is 291 g/mol. The Labute approximate surface area is 125 Å². The molecule has 108 valence electrons. The van der Waals surface area contributed by atoms with Crippen molar-refractivity contribution in [2.45, 2.75) is 13.3 Å². The topological polar surface area (TPSA) is 49.6 Å². The van der Waals surface area contributed by atoms with E-state index in [0.29, 0.717) is 18.0 Å². The van der Waals surface area contributed by atoms with Crippen LogP contribution in [0.25, 0.3) is 0 Å². The number of hydrogen-bond donors (Lipinski definition) is 1. The zero-order valence-corrected chi connectivity index (χ0v) is 12.7. The second-order valence-electron chi connectivity index (χ2n) is 5.29. The third kappa shape index (κ3) is 4.28. The second kappa shape index (κ2) is 6.81. The summed E-state index contributed by atoms with van der Waals surface area (Å²) in [6.07, 6.45) is 0.482. The Bertz CT molecular complexity index is 478. The molecule has 1 amide bonds. The molecule has 4 nitrogen and oxygen atoms in total. The molecule has 1 aliphatic rings. The molecule has 1 aromatic carbocycles. The van der Waals surface area contributed by atoms with Crippen LogP contribution < -0.4 is 5.73 Å². The highest BCUT2D eigenvalue weighted by molar-refractivity contribution is 7.80. The molecule has 1 aromatic rings. The van der Waals surface area contributed by atoms with E-state index in [1.54, 1.807) is 0 Å². The highest BCUT2D eigenvalue weighted by Gasteiger charge is 2.21. The van der Waals surface area contributed by atoms with Gasteiger partial charge in [0, 0.05) is 32.7 Å². The van der Waals surface area contributed by atoms with Gasteiger partial charge in [-0.05, 0) is 12.5 Å². The predicted octanol–water partition coefficient (Wildman–Crippen LogP) is 0.968. The van der Waals surface area contributed by atoms with Crippen molar-refractivity contribution in [2.75, 3.05) is 32.7 Å². The Morgan fingerprint density at radius 3 is 2.35 bits per heavy atom. The highest BCUT2D eigenvalue weighted by Crippen LogP contribution is 2.08. The van der Waals surface area contributed by atoms with Crippen molar-refractivity contribution in [3.05, 3.63) is 35.4 Å². The maximum absolute atomic E-state index is 12.2. The van der Waals surface area contributed by atoms with Crippen LogP contribution in [0.3, 0.4) is 0 Å². The molecule has 1 aliphatic heterocycles. The number of hydrogen-bond acceptors (Lipinski definition) is 3. The van der Waals surface area contributed by atoms with Crippen LogP contribution in [0, 0.1) is 6.92 Å². The van der Waals surface area contributed by atoms with Gasteiger partial charge < -0.3 is 10.6 Å². The van der Waals surface area contributed by atoms with Gasteiger partial charge in [0.25, 0.3) is 0 Å². The van der Waals surface area contributed by atoms with E-state index in [2.05, 4.69) is 4.90 Å². The van der Waals surface area contributed by atoms with E-state index in [9.17, 15) is 4.79 Å². The van der Waals surface area contributed by atoms with Gasteiger partial charge in [-0.15, -0.1) is 0 Å². The molecular formula is C15H21N3OS. The Morgan fingerprint density at radius 2 is 1.80 bits per heavy atom. The van der Waals surface area contributed by atoms with Crippen LogP contribution in [-0.4, -0.2) is 53.4 Å². The van der Waals surface area contributed by atoms with Gasteiger partial charge in [0.1, 0.15) is 0 Å². The van der Waals surface area contributed by atoms with E-state index >= 15 is 0 Å². The summed E-state index contributed by atoms with van der Waals surface area (Å²) in [5, 5.41) is 0. The van der Waals surface area contributed by atoms with Gasteiger partial charge in [-0.25, -0.2) is 0 Å². The van der Waals surface area contributed by atoms with Crippen LogP contribution >= 0.6 is 12.2 Å². The summed E-state index contributed by atoms with van der Waals surface area (Å²) in [6.45, 7) is 5.90. The maximum Gasteiger partial charge on any atom is 0.227 e. The minimum absolute atomic E-state index is 0.198. The van der Waals surface area contributed by atoms with Crippen LogP contribution in [0.4, 0.5) is 0 Å². The lowest BCUT2D eigenvalue weighted by Crippen LogP contribution is -2.50. The number of carbonyl (C=O) groups excluding carboxylic acids is 1. The van der Waals surface area contributed by atoms with E-state index in [1.165, 1.54) is 5.56 Å². The number of aryl methyl sites for hydroxylation is 1. The highest BCUT2D eigenvalue weighted by atomic mass is 32.1. The van der Waals surface area contributed by atoms with E-state index in [4.69, 9.17) is 18.0 Å². The molecule has 1 heterocycles. The quantitative estimate of drug-likeness (QED) is 0.840. The number of piperazine rings is 1. The summed E-state index contributed by atoms with van der Waals surface area (Å²) < 4.78 is 0. The Morgan fingerprint density at radius 1 is 1.20 bits per heavy atom. The number of carbonyl (C=O) groups is 1. The lowest BCUT2D eigenvalue weighted by Gasteiger charge is -2.34. The van der Waals surface area contributed by atoms with E-state index in [-0.39, 0.29) is 5.91 Å². The Hall–Kier alpha value is -1.46. The summed E-state index contributed by atoms with van der Waals surface area (Å²) in [5.41, 5.74) is 7.83. The van der Waals surface area contributed by atoms with Crippen LogP contribution in [0.15, 0.2) is 24.3 Å². The first kappa shape index (κ1) is 14.9. The smallest absolute Gasteiger partial charge is 0.227 e.